The highest BCUT2D eigenvalue weighted by Crippen LogP contribution is 2.45. The summed E-state index contributed by atoms with van der Waals surface area (Å²) in [6, 6.07) is 0. The van der Waals surface area contributed by atoms with E-state index in [1.807, 2.05) is 0 Å². The van der Waals surface area contributed by atoms with Crippen LogP contribution in [-0.4, -0.2) is 95.9 Å². The van der Waals surface area contributed by atoms with E-state index in [1.54, 1.807) is 0 Å². The fraction of sp³-hybridized carbons (Fsp3) is 0.690. The van der Waals surface area contributed by atoms with Gasteiger partial charge in [-0.25, -0.2) is 9.13 Å². The van der Waals surface area contributed by atoms with Crippen LogP contribution >= 0.6 is 15.6 Å². The predicted molar refractivity (Wildman–Crippen MR) is 436 cm³/mol. The first-order valence-corrected chi connectivity index (χ1v) is 44.1. The Labute approximate surface area is 638 Å². The highest BCUT2D eigenvalue weighted by atomic mass is 31.2. The van der Waals surface area contributed by atoms with Gasteiger partial charge in [0.15, 0.2) is 6.10 Å². The summed E-state index contributed by atoms with van der Waals surface area (Å²) in [6.45, 7) is 2.49. The van der Waals surface area contributed by atoms with Gasteiger partial charge in [-0.15, -0.1) is 0 Å². The molecule has 0 spiro atoms. The third kappa shape index (κ3) is 80.3. The number of aliphatic hydroxyl groups excluding tert-OH is 2. The summed E-state index contributed by atoms with van der Waals surface area (Å²) >= 11 is 0. The van der Waals surface area contributed by atoms with E-state index < -0.39 is 91.5 Å². The number of aliphatic hydroxyl groups is 2. The van der Waals surface area contributed by atoms with Crippen molar-refractivity contribution >= 4 is 33.6 Å². The first-order valence-electron chi connectivity index (χ1n) is 41.1. The van der Waals surface area contributed by atoms with E-state index in [0.717, 1.165) is 161 Å². The zero-order chi connectivity index (χ0) is 76.6. The summed E-state index contributed by atoms with van der Waals surface area (Å²) in [5.74, 6) is -1.61. The van der Waals surface area contributed by atoms with Gasteiger partial charge in [0.2, 0.25) is 0 Å². The quantitative estimate of drug-likeness (QED) is 0.0146. The maximum atomic E-state index is 13.0. The molecule has 0 saturated heterocycles. The second-order valence-corrected chi connectivity index (χ2v) is 30.1. The molecule has 0 bridgehead atoms. The number of carbonyl (C=O) groups is 3. The van der Waals surface area contributed by atoms with E-state index in [4.69, 9.17) is 32.3 Å². The van der Waals surface area contributed by atoms with Gasteiger partial charge < -0.3 is 34.2 Å². The Morgan fingerprint density at radius 3 is 0.800 bits per heavy atom. The fourth-order valence-corrected chi connectivity index (χ4v) is 12.4. The molecule has 18 heteroatoms. The Bertz CT molecular complexity index is 2490. The molecule has 0 aliphatic heterocycles. The van der Waals surface area contributed by atoms with Crippen LogP contribution in [0.15, 0.2) is 146 Å². The average Bonchev–Trinajstić information content (AvgIpc) is 0.940. The van der Waals surface area contributed by atoms with Crippen LogP contribution < -0.4 is 0 Å². The average molecular weight is 1510 g/mol. The standard InChI is InChI=1S/C87H148O16P2/c1-4-7-10-13-16-19-22-25-28-31-34-36-37-38-39-40-41-42-43-45-48-49-52-55-58-61-64-67-70-73-85(90)97-76-82(88)77-99-104(93,94)100-78-83(89)79-101-105(95,96)102-81-84(103-87(92)75-72-69-66-63-60-57-54-51-46-33-30-27-24-21-18-15-12-9-6-3)80-98-86(91)74-71-68-65-62-59-56-53-50-47-44-35-32-29-26-23-20-17-14-11-8-5-2/h9,12,16-21,25-30,34-36,38-39,44,46,50-51,53,82-84,88-89H,4-8,10-11,13-15,22-24,31-33,37,40-43,45,47-49,52,54-81H2,1-3H3,(H,93,94)(H,95,96)/b12-9-,19-16-,20-17-,21-18-,28-25-,29-26-,30-27-,36-34-,39-38-,44-35-,51-46-,53-50-. The lowest BCUT2D eigenvalue weighted by atomic mass is 10.0. The monoisotopic (exact) mass is 1510 g/mol. The maximum absolute atomic E-state index is 13.0. The molecule has 0 fully saturated rings. The van der Waals surface area contributed by atoms with Gasteiger partial charge >= 0.3 is 33.6 Å². The summed E-state index contributed by atoms with van der Waals surface area (Å²) in [7, 11) is -9.81. The summed E-state index contributed by atoms with van der Waals surface area (Å²) in [6.07, 6.45) is 97.4. The van der Waals surface area contributed by atoms with Crippen molar-refractivity contribution in [2.75, 3.05) is 39.6 Å². The largest absolute Gasteiger partial charge is 0.472 e. The number of rotatable bonds is 77. The Kier molecular flexibility index (Phi) is 75.6. The molecule has 0 aliphatic carbocycles. The van der Waals surface area contributed by atoms with Crippen LogP contribution in [0.2, 0.25) is 0 Å². The first-order chi connectivity index (χ1) is 51.2. The van der Waals surface area contributed by atoms with E-state index in [-0.39, 0.29) is 19.3 Å². The number of ether oxygens (including phenoxy) is 3. The highest BCUT2D eigenvalue weighted by Gasteiger charge is 2.29. The number of esters is 3. The predicted octanol–water partition coefficient (Wildman–Crippen LogP) is 24.4. The molecule has 0 aromatic heterocycles. The van der Waals surface area contributed by atoms with Gasteiger partial charge in [-0.1, -0.05) is 308 Å². The molecule has 105 heavy (non-hydrogen) atoms. The zero-order valence-corrected chi connectivity index (χ0v) is 67.6. The van der Waals surface area contributed by atoms with Crippen molar-refractivity contribution in [2.45, 2.75) is 347 Å². The molecular weight excluding hydrogens is 1360 g/mol. The van der Waals surface area contributed by atoms with E-state index >= 15 is 0 Å². The second kappa shape index (κ2) is 79.0. The summed E-state index contributed by atoms with van der Waals surface area (Å²) in [5, 5.41) is 20.7. The normalized spacial score (nSPS) is 14.7. The molecule has 0 saturated carbocycles. The molecule has 0 aliphatic rings. The summed E-state index contributed by atoms with van der Waals surface area (Å²) in [5.41, 5.74) is 0. The van der Waals surface area contributed by atoms with Crippen LogP contribution in [0.25, 0.3) is 0 Å². The van der Waals surface area contributed by atoms with Crippen LogP contribution in [0.4, 0.5) is 0 Å². The number of phosphoric acid groups is 2. The van der Waals surface area contributed by atoms with Crippen LogP contribution in [0.5, 0.6) is 0 Å². The van der Waals surface area contributed by atoms with Crippen molar-refractivity contribution in [3.05, 3.63) is 146 Å². The molecule has 602 valence electrons. The Balaban J connectivity index is 4.61. The van der Waals surface area contributed by atoms with Crippen LogP contribution in [0.1, 0.15) is 329 Å². The van der Waals surface area contributed by atoms with E-state index in [1.165, 1.54) is 109 Å². The Hall–Kier alpha value is -4.57. The Morgan fingerprint density at radius 2 is 0.505 bits per heavy atom. The number of carbonyl (C=O) groups excluding carboxylic acids is 3. The van der Waals surface area contributed by atoms with E-state index in [0.29, 0.717) is 19.3 Å². The smallest absolute Gasteiger partial charge is 0.463 e. The lowest BCUT2D eigenvalue weighted by Crippen LogP contribution is -2.30. The maximum Gasteiger partial charge on any atom is 0.472 e. The zero-order valence-electron chi connectivity index (χ0n) is 65.9. The molecule has 0 rings (SSSR count). The summed E-state index contributed by atoms with van der Waals surface area (Å²) < 4.78 is 61.2. The van der Waals surface area contributed by atoms with Crippen molar-refractivity contribution in [1.82, 2.24) is 0 Å². The fourth-order valence-electron chi connectivity index (χ4n) is 10.8. The summed E-state index contributed by atoms with van der Waals surface area (Å²) in [4.78, 5) is 58.8. The molecule has 5 unspecified atom stereocenters. The molecule has 16 nitrogen and oxygen atoms in total. The lowest BCUT2D eigenvalue weighted by Gasteiger charge is -2.21. The minimum Gasteiger partial charge on any atom is -0.463 e. The van der Waals surface area contributed by atoms with Gasteiger partial charge in [-0.3, -0.25) is 32.5 Å². The number of hydrogen-bond acceptors (Lipinski definition) is 14. The second-order valence-electron chi connectivity index (χ2n) is 27.2. The first kappa shape index (κ1) is 100. The number of phosphoric ester groups is 2. The molecule has 5 atom stereocenters. The minimum atomic E-state index is -4.95. The lowest BCUT2D eigenvalue weighted by molar-refractivity contribution is -0.161. The molecular formula is C87H148O16P2. The van der Waals surface area contributed by atoms with Crippen molar-refractivity contribution in [2.24, 2.45) is 0 Å². The minimum absolute atomic E-state index is 0.0797. The highest BCUT2D eigenvalue weighted by molar-refractivity contribution is 7.47. The SMILES string of the molecule is CC/C=C\C/C=C\C/C=C\C/C=C\CCCCCCCCC(=O)OC(COC(=O)CCCCCCC/C=C\C/C=C\C/C=C\C/C=C\CCCCC)COP(=O)(O)OCC(O)COP(=O)(O)OCC(O)COC(=O)CCCCCCCCCCCCCCC/C=C\C/C=C\C/C=C\C/C=C\CCCCC. The molecule has 4 N–H and O–H groups in total. The number of allylic oxidation sites excluding steroid dienone is 24. The molecule has 0 heterocycles. The molecule has 0 aromatic rings. The van der Waals surface area contributed by atoms with Crippen molar-refractivity contribution < 1.29 is 75.8 Å². The van der Waals surface area contributed by atoms with Gasteiger partial charge in [0.1, 0.15) is 25.4 Å². The van der Waals surface area contributed by atoms with Gasteiger partial charge in [0.05, 0.1) is 26.4 Å². The van der Waals surface area contributed by atoms with Crippen LogP contribution in [0.3, 0.4) is 0 Å². The van der Waals surface area contributed by atoms with Gasteiger partial charge in [-0.05, 0) is 148 Å². The number of hydrogen-bond donors (Lipinski definition) is 4. The van der Waals surface area contributed by atoms with Gasteiger partial charge in [0.25, 0.3) is 0 Å². The Morgan fingerprint density at radius 1 is 0.276 bits per heavy atom. The van der Waals surface area contributed by atoms with E-state index in [2.05, 4.69) is 167 Å². The number of unbranched alkanes of at least 4 members (excludes halogenated alkanes) is 30. The van der Waals surface area contributed by atoms with Crippen molar-refractivity contribution in [3.63, 3.8) is 0 Å². The van der Waals surface area contributed by atoms with E-state index in [9.17, 15) is 43.5 Å². The van der Waals surface area contributed by atoms with Gasteiger partial charge in [0, 0.05) is 19.3 Å². The van der Waals surface area contributed by atoms with Crippen molar-refractivity contribution in [1.29, 1.82) is 0 Å². The molecule has 0 aromatic carbocycles. The third-order valence-corrected chi connectivity index (χ3v) is 18.9. The molecule has 0 amide bonds. The topological polar surface area (TPSA) is 231 Å². The van der Waals surface area contributed by atoms with Crippen LogP contribution in [-0.2, 0) is 55.8 Å². The van der Waals surface area contributed by atoms with Crippen LogP contribution in [0, 0.1) is 0 Å². The van der Waals surface area contributed by atoms with Crippen molar-refractivity contribution in [3.8, 4) is 0 Å². The van der Waals surface area contributed by atoms with Gasteiger partial charge in [-0.2, -0.15) is 0 Å². The third-order valence-electron chi connectivity index (χ3n) is 17.0. The molecule has 0 radical (unpaired) electrons.